The maximum absolute atomic E-state index is 14.5. The molecule has 0 saturated carbocycles. The van der Waals surface area contributed by atoms with Gasteiger partial charge in [0.15, 0.2) is 0 Å². The van der Waals surface area contributed by atoms with Crippen molar-refractivity contribution in [2.45, 2.75) is 44.9 Å². The second-order valence-corrected chi connectivity index (χ2v) is 8.46. The van der Waals surface area contributed by atoms with E-state index >= 15 is 0 Å². The summed E-state index contributed by atoms with van der Waals surface area (Å²) in [4.78, 5) is 12.3. The van der Waals surface area contributed by atoms with Crippen LogP contribution in [-0.4, -0.2) is 16.0 Å². The van der Waals surface area contributed by atoms with Crippen molar-refractivity contribution in [3.05, 3.63) is 71.3 Å². The predicted octanol–water partition coefficient (Wildman–Crippen LogP) is 6.06. The van der Waals surface area contributed by atoms with Crippen LogP contribution in [0.3, 0.4) is 0 Å². The zero-order valence-corrected chi connectivity index (χ0v) is 17.8. The Bertz CT molecular complexity index is 889. The molecule has 1 aliphatic rings. The number of thioether (sulfide) groups is 1. The van der Waals surface area contributed by atoms with Crippen molar-refractivity contribution >= 4 is 22.7 Å². The quantitative estimate of drug-likeness (QED) is 0.618. The first-order valence-electron chi connectivity index (χ1n) is 9.51. The number of rotatable bonds is 6. The molecular formula is C22H27F2N3OS. The molecule has 3 N–H and O–H groups in total. The summed E-state index contributed by atoms with van der Waals surface area (Å²) in [7, 11) is 0. The molecule has 0 saturated heterocycles. The average Bonchev–Trinajstić information content (AvgIpc) is 3.08. The highest BCUT2D eigenvalue weighted by atomic mass is 32.2. The molecule has 2 aromatic rings. The predicted molar refractivity (Wildman–Crippen MR) is 115 cm³/mol. The van der Waals surface area contributed by atoms with E-state index in [9.17, 15) is 13.6 Å². The van der Waals surface area contributed by atoms with Gasteiger partial charge in [-0.1, -0.05) is 75.7 Å². The molecule has 156 valence electrons. The number of hydrogen-bond acceptors (Lipinski definition) is 4. The van der Waals surface area contributed by atoms with Gasteiger partial charge in [0.25, 0.3) is 0 Å². The Morgan fingerprint density at radius 2 is 1.86 bits per heavy atom. The minimum atomic E-state index is -0.771. The van der Waals surface area contributed by atoms with Crippen LogP contribution in [0.2, 0.25) is 0 Å². The minimum Gasteiger partial charge on any atom is -0.344 e. The smallest absolute Gasteiger partial charge is 0.246 e. The van der Waals surface area contributed by atoms with Crippen molar-refractivity contribution in [3.8, 4) is 0 Å². The third-order valence-corrected chi connectivity index (χ3v) is 6.20. The molecule has 7 heteroatoms. The van der Waals surface area contributed by atoms with Crippen molar-refractivity contribution in [2.75, 3.05) is 0 Å². The van der Waals surface area contributed by atoms with Crippen LogP contribution in [0.1, 0.15) is 51.2 Å². The Balaban J connectivity index is 0.00000300. The normalized spacial score (nSPS) is 18.6. The lowest BCUT2D eigenvalue weighted by atomic mass is 9.98. The number of nitrogens with zero attached hydrogens (tertiary/aromatic N) is 2. The van der Waals surface area contributed by atoms with E-state index in [1.807, 2.05) is 44.2 Å². The molecule has 0 fully saturated rings. The van der Waals surface area contributed by atoms with E-state index in [0.29, 0.717) is 11.5 Å². The van der Waals surface area contributed by atoms with E-state index < -0.39 is 16.5 Å². The van der Waals surface area contributed by atoms with Crippen LogP contribution in [0.4, 0.5) is 8.78 Å². The maximum Gasteiger partial charge on any atom is 0.246 e. The molecule has 4 nitrogen and oxygen atoms in total. The molecule has 0 radical (unpaired) electrons. The lowest BCUT2D eigenvalue weighted by molar-refractivity contribution is -0.138. The standard InChI is InChI=1S/C22H24F2N2OS.H3N/c1-4-5-13-22(16-9-7-6-8-10-16)26(21(27)15(2)3)25-20(28-22)18-14-17(23)11-12-19(18)24;/h6-12,14-15H,4-5,13H2,1-3H3;1H3. The van der Waals surface area contributed by atoms with Crippen molar-refractivity contribution in [1.82, 2.24) is 11.2 Å². The molecule has 29 heavy (non-hydrogen) atoms. The molecule has 1 unspecified atom stereocenters. The Morgan fingerprint density at radius 3 is 2.48 bits per heavy atom. The SMILES string of the molecule is CCCCC1(c2ccccc2)SC(c2cc(F)ccc2F)=NN1C(=O)C(C)C.N. The van der Waals surface area contributed by atoms with Crippen LogP contribution in [0.15, 0.2) is 53.6 Å². The first-order chi connectivity index (χ1) is 13.4. The fourth-order valence-electron chi connectivity index (χ4n) is 3.23. The molecule has 2 aromatic carbocycles. The highest BCUT2D eigenvalue weighted by Crippen LogP contribution is 2.51. The number of amides is 1. The molecule has 1 amide bonds. The van der Waals surface area contributed by atoms with Gasteiger partial charge >= 0.3 is 0 Å². The molecule has 1 atom stereocenters. The van der Waals surface area contributed by atoms with Crippen molar-refractivity contribution in [1.29, 1.82) is 0 Å². The molecular weight excluding hydrogens is 392 g/mol. The Hall–Kier alpha value is -2.25. The zero-order chi connectivity index (χ0) is 20.3. The molecule has 0 aromatic heterocycles. The zero-order valence-electron chi connectivity index (χ0n) is 17.0. The minimum absolute atomic E-state index is 0. The van der Waals surface area contributed by atoms with Gasteiger partial charge in [-0.3, -0.25) is 4.79 Å². The van der Waals surface area contributed by atoms with Gasteiger partial charge in [-0.15, -0.1) is 0 Å². The van der Waals surface area contributed by atoms with E-state index in [0.717, 1.165) is 36.6 Å². The summed E-state index contributed by atoms with van der Waals surface area (Å²) in [6.07, 6.45) is 2.49. The summed E-state index contributed by atoms with van der Waals surface area (Å²) in [5, 5.41) is 6.34. The lowest BCUT2D eigenvalue weighted by Crippen LogP contribution is -2.43. The topological polar surface area (TPSA) is 67.7 Å². The number of carbonyl (C=O) groups is 1. The summed E-state index contributed by atoms with van der Waals surface area (Å²) in [6, 6.07) is 13.0. The molecule has 1 heterocycles. The van der Waals surface area contributed by atoms with Gasteiger partial charge < -0.3 is 6.15 Å². The van der Waals surface area contributed by atoms with Gasteiger partial charge in [-0.05, 0) is 30.2 Å². The number of hydrazone groups is 1. The third kappa shape index (κ3) is 4.51. The van der Waals surface area contributed by atoms with Gasteiger partial charge in [-0.25, -0.2) is 13.8 Å². The maximum atomic E-state index is 14.5. The second kappa shape index (κ2) is 9.50. The average molecular weight is 420 g/mol. The van der Waals surface area contributed by atoms with Gasteiger partial charge in [0, 0.05) is 11.5 Å². The molecule has 3 rings (SSSR count). The molecule has 0 aliphatic carbocycles. The van der Waals surface area contributed by atoms with Crippen LogP contribution in [0.25, 0.3) is 0 Å². The number of halogens is 2. The largest absolute Gasteiger partial charge is 0.344 e. The van der Waals surface area contributed by atoms with E-state index in [1.54, 1.807) is 0 Å². The monoisotopic (exact) mass is 419 g/mol. The third-order valence-electron chi connectivity index (χ3n) is 4.75. The summed E-state index contributed by atoms with van der Waals surface area (Å²) in [6.45, 7) is 5.72. The van der Waals surface area contributed by atoms with Gasteiger partial charge in [-0.2, -0.15) is 5.10 Å². The Labute approximate surface area is 175 Å². The van der Waals surface area contributed by atoms with Crippen LogP contribution in [0.5, 0.6) is 0 Å². The highest BCUT2D eigenvalue weighted by Gasteiger charge is 2.48. The summed E-state index contributed by atoms with van der Waals surface area (Å²) in [5.41, 5.74) is 1.01. The van der Waals surface area contributed by atoms with Crippen LogP contribution < -0.4 is 6.15 Å². The first-order valence-corrected chi connectivity index (χ1v) is 10.3. The van der Waals surface area contributed by atoms with Gasteiger partial charge in [0.2, 0.25) is 5.91 Å². The van der Waals surface area contributed by atoms with E-state index in [2.05, 4.69) is 12.0 Å². The fraction of sp³-hybridized carbons (Fsp3) is 0.364. The van der Waals surface area contributed by atoms with Crippen molar-refractivity contribution in [3.63, 3.8) is 0 Å². The van der Waals surface area contributed by atoms with Crippen LogP contribution in [0, 0.1) is 17.6 Å². The molecule has 0 bridgehead atoms. The summed E-state index contributed by atoms with van der Waals surface area (Å²) >= 11 is 1.33. The number of unbranched alkanes of at least 4 members (excludes halogenated alkanes) is 1. The number of hydrogen-bond donors (Lipinski definition) is 1. The number of carbonyl (C=O) groups excluding carboxylic acids is 1. The summed E-state index contributed by atoms with van der Waals surface area (Å²) in [5.74, 6) is -1.50. The van der Waals surface area contributed by atoms with Gasteiger partial charge in [0.05, 0.1) is 0 Å². The lowest BCUT2D eigenvalue weighted by Gasteiger charge is -2.36. The highest BCUT2D eigenvalue weighted by molar-refractivity contribution is 8.15. The van der Waals surface area contributed by atoms with Crippen molar-refractivity contribution < 1.29 is 13.6 Å². The second-order valence-electron chi connectivity index (χ2n) is 7.19. The van der Waals surface area contributed by atoms with E-state index in [-0.39, 0.29) is 23.5 Å². The fourth-order valence-corrected chi connectivity index (χ4v) is 4.66. The van der Waals surface area contributed by atoms with Gasteiger partial charge in [0.1, 0.15) is 21.5 Å². The van der Waals surface area contributed by atoms with E-state index in [4.69, 9.17) is 0 Å². The Morgan fingerprint density at radius 1 is 1.17 bits per heavy atom. The Kier molecular flexibility index (Phi) is 7.54. The van der Waals surface area contributed by atoms with Crippen LogP contribution >= 0.6 is 11.8 Å². The molecule has 1 aliphatic heterocycles. The van der Waals surface area contributed by atoms with Crippen molar-refractivity contribution in [2.24, 2.45) is 11.0 Å². The van der Waals surface area contributed by atoms with Crippen LogP contribution in [-0.2, 0) is 9.67 Å². The van der Waals surface area contributed by atoms with E-state index in [1.165, 1.54) is 16.8 Å². The summed E-state index contributed by atoms with van der Waals surface area (Å²) < 4.78 is 28.2. The number of benzene rings is 2. The molecule has 0 spiro atoms. The first kappa shape index (κ1) is 23.0.